The molecule has 3 nitrogen and oxygen atoms in total. The molecular weight excluding hydrogens is 346 g/mol. The van der Waals surface area contributed by atoms with Crippen molar-refractivity contribution in [3.8, 4) is 0 Å². The number of nitrogens with one attached hydrogen (secondary N) is 1. The summed E-state index contributed by atoms with van der Waals surface area (Å²) in [6, 6.07) is 2.15. The van der Waals surface area contributed by atoms with E-state index in [-0.39, 0.29) is 0 Å². The fourth-order valence-electron chi connectivity index (χ4n) is 2.65. The molecule has 0 radical (unpaired) electrons. The molecule has 19 heavy (non-hydrogen) atoms. The molecule has 1 aliphatic rings. The lowest BCUT2D eigenvalue weighted by Gasteiger charge is -2.22. The second-order valence-corrected chi connectivity index (χ2v) is 9.31. The lowest BCUT2D eigenvalue weighted by molar-refractivity contribution is 0.348. The molecule has 6 heteroatoms. The van der Waals surface area contributed by atoms with Crippen molar-refractivity contribution in [1.29, 1.82) is 0 Å². The van der Waals surface area contributed by atoms with Crippen molar-refractivity contribution in [3.63, 3.8) is 0 Å². The summed E-state index contributed by atoms with van der Waals surface area (Å²) >= 11 is 5.22. The van der Waals surface area contributed by atoms with Gasteiger partial charge in [0.25, 0.3) is 0 Å². The number of halogens is 1. The fourth-order valence-corrected chi connectivity index (χ4v) is 6.12. The Morgan fingerprint density at radius 2 is 2.37 bits per heavy atom. The van der Waals surface area contributed by atoms with Crippen LogP contribution in [0.15, 0.2) is 15.9 Å². The molecule has 1 aliphatic heterocycles. The second kappa shape index (κ2) is 6.70. The average Bonchev–Trinajstić information content (AvgIpc) is 2.90. The van der Waals surface area contributed by atoms with Gasteiger partial charge in [-0.3, -0.25) is 0 Å². The van der Waals surface area contributed by atoms with Gasteiger partial charge in [0.05, 0.1) is 11.5 Å². The van der Waals surface area contributed by atoms with Gasteiger partial charge in [-0.1, -0.05) is 6.92 Å². The van der Waals surface area contributed by atoms with E-state index in [1.807, 2.05) is 0 Å². The SMILES string of the molecule is CCNCC(Cc1cc(Br)cs1)C1CCS(=O)(=O)C1. The highest BCUT2D eigenvalue weighted by Gasteiger charge is 2.33. The molecule has 108 valence electrons. The van der Waals surface area contributed by atoms with Crippen LogP contribution in [0, 0.1) is 11.8 Å². The van der Waals surface area contributed by atoms with Gasteiger partial charge in [-0.25, -0.2) is 8.42 Å². The van der Waals surface area contributed by atoms with Crippen LogP contribution in [-0.4, -0.2) is 33.0 Å². The molecule has 1 fully saturated rings. The summed E-state index contributed by atoms with van der Waals surface area (Å²) in [5, 5.41) is 5.47. The molecule has 0 aromatic carbocycles. The van der Waals surface area contributed by atoms with Crippen molar-refractivity contribution in [2.24, 2.45) is 11.8 Å². The normalized spacial score (nSPS) is 23.6. The average molecular weight is 366 g/mol. The summed E-state index contributed by atoms with van der Waals surface area (Å²) in [6.07, 6.45) is 1.80. The van der Waals surface area contributed by atoms with Crippen molar-refractivity contribution in [3.05, 3.63) is 20.8 Å². The Balaban J connectivity index is 2.03. The van der Waals surface area contributed by atoms with Crippen LogP contribution in [0.3, 0.4) is 0 Å². The first-order valence-electron chi connectivity index (χ1n) is 6.64. The first-order valence-corrected chi connectivity index (χ1v) is 10.1. The minimum atomic E-state index is -2.79. The van der Waals surface area contributed by atoms with Gasteiger partial charge >= 0.3 is 0 Å². The van der Waals surface area contributed by atoms with Gasteiger partial charge in [-0.15, -0.1) is 11.3 Å². The number of sulfone groups is 1. The monoisotopic (exact) mass is 365 g/mol. The van der Waals surface area contributed by atoms with Crippen LogP contribution in [-0.2, 0) is 16.3 Å². The maximum Gasteiger partial charge on any atom is 0.150 e. The molecule has 1 aromatic rings. The number of thiophene rings is 1. The molecule has 0 amide bonds. The minimum Gasteiger partial charge on any atom is -0.317 e. The highest BCUT2D eigenvalue weighted by atomic mass is 79.9. The van der Waals surface area contributed by atoms with E-state index in [0.717, 1.165) is 30.4 Å². The molecule has 2 atom stereocenters. The van der Waals surface area contributed by atoms with Crippen LogP contribution in [0.25, 0.3) is 0 Å². The molecular formula is C13H20BrNO2S2. The van der Waals surface area contributed by atoms with Gasteiger partial charge in [0, 0.05) is 14.7 Å². The fraction of sp³-hybridized carbons (Fsp3) is 0.692. The summed E-state index contributed by atoms with van der Waals surface area (Å²) in [5.41, 5.74) is 0. The molecule has 0 spiro atoms. The summed E-state index contributed by atoms with van der Waals surface area (Å²) in [7, 11) is -2.79. The Bertz CT molecular complexity index is 512. The Hall–Kier alpha value is 0.0900. The third kappa shape index (κ3) is 4.55. The van der Waals surface area contributed by atoms with Crippen molar-refractivity contribution in [2.45, 2.75) is 19.8 Å². The summed E-state index contributed by atoms with van der Waals surface area (Å²) in [6.45, 7) is 3.93. The second-order valence-electron chi connectivity index (χ2n) is 5.17. The summed E-state index contributed by atoms with van der Waals surface area (Å²) < 4.78 is 24.4. The number of hydrogen-bond donors (Lipinski definition) is 1. The standard InChI is InChI=1S/C13H20BrNO2S2/c1-2-15-7-11(5-13-6-12(14)8-18-13)10-3-4-19(16,17)9-10/h6,8,10-11,15H,2-5,7,9H2,1H3. The zero-order chi connectivity index (χ0) is 13.9. The summed E-state index contributed by atoms with van der Waals surface area (Å²) in [4.78, 5) is 1.33. The highest BCUT2D eigenvalue weighted by Crippen LogP contribution is 2.30. The predicted octanol–water partition coefficient (Wildman–Crippen LogP) is 2.71. The maximum atomic E-state index is 11.7. The van der Waals surface area contributed by atoms with Crippen LogP contribution < -0.4 is 5.32 Å². The van der Waals surface area contributed by atoms with Crippen LogP contribution in [0.2, 0.25) is 0 Å². The Morgan fingerprint density at radius 3 is 2.89 bits per heavy atom. The Labute approximate surface area is 127 Å². The minimum absolute atomic E-state index is 0.310. The van der Waals surface area contributed by atoms with E-state index in [1.54, 1.807) is 11.3 Å². The Kier molecular flexibility index (Phi) is 5.45. The zero-order valence-electron chi connectivity index (χ0n) is 11.1. The van der Waals surface area contributed by atoms with Gasteiger partial charge < -0.3 is 5.32 Å². The van der Waals surface area contributed by atoms with E-state index in [2.05, 4.69) is 39.6 Å². The van der Waals surface area contributed by atoms with Gasteiger partial charge in [0.15, 0.2) is 9.84 Å². The molecule has 2 rings (SSSR count). The highest BCUT2D eigenvalue weighted by molar-refractivity contribution is 9.10. The van der Waals surface area contributed by atoms with Crippen LogP contribution in [0.5, 0.6) is 0 Å². The van der Waals surface area contributed by atoms with Gasteiger partial charge in [-0.05, 0) is 59.8 Å². The van der Waals surface area contributed by atoms with Crippen molar-refractivity contribution < 1.29 is 8.42 Å². The molecule has 0 saturated carbocycles. The third-order valence-electron chi connectivity index (χ3n) is 3.68. The van der Waals surface area contributed by atoms with E-state index in [9.17, 15) is 8.42 Å². The molecule has 1 N–H and O–H groups in total. The summed E-state index contributed by atoms with van der Waals surface area (Å²) in [5.74, 6) is 1.47. The van der Waals surface area contributed by atoms with E-state index in [0.29, 0.717) is 23.3 Å². The smallest absolute Gasteiger partial charge is 0.150 e. The van der Waals surface area contributed by atoms with Crippen molar-refractivity contribution >= 4 is 37.1 Å². The van der Waals surface area contributed by atoms with Crippen LogP contribution >= 0.6 is 27.3 Å². The van der Waals surface area contributed by atoms with Gasteiger partial charge in [-0.2, -0.15) is 0 Å². The quantitative estimate of drug-likeness (QED) is 0.842. The first-order chi connectivity index (χ1) is 9.00. The van der Waals surface area contributed by atoms with E-state index in [1.165, 1.54) is 4.88 Å². The van der Waals surface area contributed by atoms with Crippen LogP contribution in [0.4, 0.5) is 0 Å². The lowest BCUT2D eigenvalue weighted by Crippen LogP contribution is -2.30. The van der Waals surface area contributed by atoms with Gasteiger partial charge in [0.2, 0.25) is 0 Å². The first kappa shape index (κ1) is 15.5. The lowest BCUT2D eigenvalue weighted by atomic mass is 9.88. The molecule has 2 unspecified atom stereocenters. The van der Waals surface area contributed by atoms with E-state index in [4.69, 9.17) is 0 Å². The topological polar surface area (TPSA) is 46.2 Å². The zero-order valence-corrected chi connectivity index (χ0v) is 14.3. The molecule has 2 heterocycles. The van der Waals surface area contributed by atoms with Gasteiger partial charge in [0.1, 0.15) is 0 Å². The largest absolute Gasteiger partial charge is 0.317 e. The molecule has 0 bridgehead atoms. The van der Waals surface area contributed by atoms with Crippen LogP contribution in [0.1, 0.15) is 18.2 Å². The predicted molar refractivity (Wildman–Crippen MR) is 84.5 cm³/mol. The molecule has 1 aromatic heterocycles. The maximum absolute atomic E-state index is 11.7. The number of rotatable bonds is 6. The van der Waals surface area contributed by atoms with Crippen molar-refractivity contribution in [1.82, 2.24) is 5.32 Å². The van der Waals surface area contributed by atoms with E-state index < -0.39 is 9.84 Å². The van der Waals surface area contributed by atoms with Crippen molar-refractivity contribution in [2.75, 3.05) is 24.6 Å². The Morgan fingerprint density at radius 1 is 1.58 bits per heavy atom. The molecule has 1 saturated heterocycles. The van der Waals surface area contributed by atoms with E-state index >= 15 is 0 Å². The third-order valence-corrected chi connectivity index (χ3v) is 7.19. The number of hydrogen-bond acceptors (Lipinski definition) is 4. The molecule has 0 aliphatic carbocycles.